The number of ether oxygens (including phenoxy) is 8. The second-order valence-electron chi connectivity index (χ2n) is 34.6. The Kier molecular flexibility index (Phi) is 26.2. The highest BCUT2D eigenvalue weighted by molar-refractivity contribution is 5.87. The molecule has 0 heterocycles. The predicted molar refractivity (Wildman–Crippen MR) is 388 cm³/mol. The van der Waals surface area contributed by atoms with Gasteiger partial charge in [0, 0.05) is 25.7 Å². The quantitative estimate of drug-likeness (QED) is 0.0417. The Labute approximate surface area is 594 Å². The van der Waals surface area contributed by atoms with E-state index in [0.717, 1.165) is 22.3 Å². The predicted octanol–water partition coefficient (Wildman–Crippen LogP) is 12.5. The van der Waals surface area contributed by atoms with Gasteiger partial charge < -0.3 is 59.2 Å². The summed E-state index contributed by atoms with van der Waals surface area (Å²) < 4.78 is 50.1. The van der Waals surface area contributed by atoms with E-state index in [9.17, 15) is 38.4 Å². The van der Waals surface area contributed by atoms with Crippen LogP contribution in [0.25, 0.3) is 0 Å². The molecule has 4 aromatic carbocycles. The maximum Gasteiger partial charge on any atom is 0.328 e. The molecule has 0 aromatic heterocycles. The molecule has 8 bridgehead atoms. The summed E-state index contributed by atoms with van der Waals surface area (Å²) in [5.41, 5.74) is 3.11. The van der Waals surface area contributed by atoms with Gasteiger partial charge in [-0.1, -0.05) is 132 Å². The van der Waals surface area contributed by atoms with Gasteiger partial charge in [0.1, 0.15) is 69.6 Å². The smallest absolute Gasteiger partial charge is 0.328 e. The van der Waals surface area contributed by atoms with Crippen molar-refractivity contribution in [2.45, 2.75) is 288 Å². The number of hydrogen-bond donors (Lipinski definition) is 4. The SMILES string of the molecule is C[C@H](NC(=O)COc1c2cc(C(C)(C)C)cc1Cc1cc(C(C)(C)C)cc(c1OCC(=O)N[C@@H](C)C(=O)OC(C)(C)C)Cc1cc(C(C)(C)C)cc(c1OCC(=O)N[C@@H](C)C(=O)OC(C)(C)C)Cc1cc(C(C)(C)C)cc(c1OCC(=O)N[C@@H](C)C(=O)OC(C)(C)C)C2)C(=O)OC(C)(C)C. The van der Waals surface area contributed by atoms with Crippen LogP contribution < -0.4 is 40.2 Å². The third-order valence-electron chi connectivity index (χ3n) is 15.9. The lowest BCUT2D eigenvalue weighted by Gasteiger charge is -2.29. The normalized spacial score (nSPS) is 14.4. The van der Waals surface area contributed by atoms with Crippen molar-refractivity contribution >= 4 is 47.5 Å². The first-order chi connectivity index (χ1) is 45.5. The molecule has 5 rings (SSSR count). The molecule has 0 saturated heterocycles. The van der Waals surface area contributed by atoms with E-state index in [-0.39, 0.29) is 25.7 Å². The molecule has 0 aliphatic heterocycles. The third-order valence-corrected chi connectivity index (χ3v) is 15.9. The fourth-order valence-electron chi connectivity index (χ4n) is 10.8. The fourth-order valence-corrected chi connectivity index (χ4v) is 10.8. The van der Waals surface area contributed by atoms with Crippen LogP contribution in [0.4, 0.5) is 0 Å². The molecule has 4 amide bonds. The van der Waals surface area contributed by atoms with Gasteiger partial charge in [0.2, 0.25) is 0 Å². The molecule has 1 aliphatic rings. The molecule has 0 radical (unpaired) electrons. The number of esters is 4. The monoisotopic (exact) mass is 1390 g/mol. The summed E-state index contributed by atoms with van der Waals surface area (Å²) in [4.78, 5) is 110. The molecule has 0 saturated carbocycles. The number of hydrogen-bond acceptors (Lipinski definition) is 16. The second kappa shape index (κ2) is 31.8. The molecule has 0 spiro atoms. The molecule has 4 aromatic rings. The largest absolute Gasteiger partial charge is 0.483 e. The highest BCUT2D eigenvalue weighted by Crippen LogP contribution is 2.45. The van der Waals surface area contributed by atoms with Crippen LogP contribution in [0, 0.1) is 0 Å². The zero-order valence-corrected chi connectivity index (χ0v) is 65.1. The van der Waals surface area contributed by atoms with E-state index in [1.54, 1.807) is 83.1 Å². The summed E-state index contributed by atoms with van der Waals surface area (Å²) in [7, 11) is 0. The first kappa shape index (κ1) is 82.5. The van der Waals surface area contributed by atoms with Crippen molar-refractivity contribution in [3.63, 3.8) is 0 Å². The summed E-state index contributed by atoms with van der Waals surface area (Å²) in [6, 6.07) is 12.1. The van der Waals surface area contributed by atoms with Gasteiger partial charge in [0.05, 0.1) is 0 Å². The molecule has 552 valence electrons. The van der Waals surface area contributed by atoms with E-state index in [4.69, 9.17) is 37.9 Å². The number of benzene rings is 4. The van der Waals surface area contributed by atoms with Gasteiger partial charge in [-0.15, -0.1) is 0 Å². The lowest BCUT2D eigenvalue weighted by molar-refractivity contribution is -0.158. The molecule has 1 aliphatic carbocycles. The number of carbonyl (C=O) groups is 8. The summed E-state index contributed by atoms with van der Waals surface area (Å²) in [5, 5.41) is 11.1. The molecule has 20 heteroatoms. The highest BCUT2D eigenvalue weighted by atomic mass is 16.6. The van der Waals surface area contributed by atoms with Gasteiger partial charge in [-0.25, -0.2) is 19.2 Å². The summed E-state index contributed by atoms with van der Waals surface area (Å²) >= 11 is 0. The first-order valence-electron chi connectivity index (χ1n) is 34.7. The van der Waals surface area contributed by atoms with Gasteiger partial charge >= 0.3 is 23.9 Å². The summed E-state index contributed by atoms with van der Waals surface area (Å²) in [6.45, 7) is 49.9. The van der Waals surface area contributed by atoms with Crippen LogP contribution >= 0.6 is 0 Å². The Morgan fingerprint density at radius 1 is 0.280 bits per heavy atom. The average molecular weight is 1390 g/mol. The van der Waals surface area contributed by atoms with Gasteiger partial charge in [0.25, 0.3) is 23.6 Å². The second-order valence-corrected chi connectivity index (χ2v) is 34.6. The minimum atomic E-state index is -1.05. The molecule has 0 fully saturated rings. The molecule has 100 heavy (non-hydrogen) atoms. The zero-order chi connectivity index (χ0) is 76.0. The Morgan fingerprint density at radius 3 is 0.540 bits per heavy atom. The Balaban J connectivity index is 1.99. The zero-order valence-electron chi connectivity index (χ0n) is 65.1. The van der Waals surface area contributed by atoms with E-state index >= 15 is 0 Å². The van der Waals surface area contributed by atoms with Crippen molar-refractivity contribution in [2.24, 2.45) is 0 Å². The standard InChI is InChI=1S/C80H116N4O16/c1-45(69(89)97-77(17,18)19)81-61(85)41-93-65-49-29-51-35-58(74(8,9)10)37-53(66(51)94-42-62(86)82-46(2)70(90)98-78(20,21)22)31-55-39-60(76(14,15)16)40-56(68(55)96-44-64(88)84-48(4)72(92)100-80(26,27)28)32-54-38-59(75(11,12)13)36-52(30-50(65)34-57(33-49)73(5,6)7)67(54)95-43-63(87)83-47(3)71(91)99-79(23,24)25/h33-40,45-48H,29-32,41-44H2,1-28H3,(H,81,85)(H,82,86)(H,83,87)(H,84,88)/t45-,46-,47-,48-/m0/s1. The highest BCUT2D eigenvalue weighted by Gasteiger charge is 2.34. The molecule has 20 nitrogen and oxygen atoms in total. The maximum atomic E-state index is 14.3. The molecule has 4 N–H and O–H groups in total. The number of nitrogens with one attached hydrogen (secondary N) is 4. The maximum absolute atomic E-state index is 14.3. The van der Waals surface area contributed by atoms with E-state index in [1.165, 1.54) is 27.7 Å². The van der Waals surface area contributed by atoms with Crippen molar-refractivity contribution in [2.75, 3.05) is 26.4 Å². The average Bonchev–Trinajstić information content (AvgIpc) is 0.763. The van der Waals surface area contributed by atoms with Crippen molar-refractivity contribution in [3.8, 4) is 23.0 Å². The minimum absolute atomic E-state index is 0.0731. The van der Waals surface area contributed by atoms with Crippen molar-refractivity contribution in [3.05, 3.63) is 115 Å². The van der Waals surface area contributed by atoms with Crippen LogP contribution in [0.15, 0.2) is 48.5 Å². The van der Waals surface area contributed by atoms with Crippen LogP contribution in [-0.2, 0) is 105 Å². The van der Waals surface area contributed by atoms with Crippen molar-refractivity contribution in [1.29, 1.82) is 0 Å². The van der Waals surface area contributed by atoms with Gasteiger partial charge in [-0.3, -0.25) is 19.2 Å². The molecular formula is C80H116N4O16. The minimum Gasteiger partial charge on any atom is -0.483 e. The Hall–Kier alpha value is -8.16. The fraction of sp³-hybridized carbons (Fsp3) is 0.600. The summed E-state index contributed by atoms with van der Waals surface area (Å²) in [5.74, 6) is -3.68. The van der Waals surface area contributed by atoms with Crippen molar-refractivity contribution in [1.82, 2.24) is 21.3 Å². The van der Waals surface area contributed by atoms with Gasteiger partial charge in [-0.2, -0.15) is 0 Å². The van der Waals surface area contributed by atoms with Crippen LogP contribution in [0.2, 0.25) is 0 Å². The van der Waals surface area contributed by atoms with Crippen LogP contribution in [0.1, 0.15) is 261 Å². The molecular weight excluding hydrogens is 1270 g/mol. The summed E-state index contributed by atoms with van der Waals surface area (Å²) in [6.07, 6.45) is 0.292. The Morgan fingerprint density at radius 2 is 0.420 bits per heavy atom. The van der Waals surface area contributed by atoms with Gasteiger partial charge in [-0.05, 0) is 199 Å². The lowest BCUT2D eigenvalue weighted by atomic mass is 9.79. The number of fused-ring (bicyclic) bond motifs is 8. The Bertz CT molecular complexity index is 3110. The topological polar surface area (TPSA) is 259 Å². The van der Waals surface area contributed by atoms with Gasteiger partial charge in [0.15, 0.2) is 26.4 Å². The number of carbonyl (C=O) groups excluding carboxylic acids is 8. The van der Waals surface area contributed by atoms with Crippen LogP contribution in [0.5, 0.6) is 23.0 Å². The number of rotatable bonds is 20. The van der Waals surface area contributed by atoms with Crippen LogP contribution in [0.3, 0.4) is 0 Å². The van der Waals surface area contributed by atoms with Crippen LogP contribution in [-0.4, -0.2) is 121 Å². The lowest BCUT2D eigenvalue weighted by Crippen LogP contribution is -2.44. The van der Waals surface area contributed by atoms with E-state index in [1.807, 2.05) is 48.5 Å². The molecule has 0 unspecified atom stereocenters. The van der Waals surface area contributed by atoms with Crippen molar-refractivity contribution < 1.29 is 76.3 Å². The van der Waals surface area contributed by atoms with E-state index < -0.39 is 142 Å². The van der Waals surface area contributed by atoms with E-state index in [0.29, 0.717) is 67.5 Å². The third kappa shape index (κ3) is 25.2. The first-order valence-corrected chi connectivity index (χ1v) is 34.7. The van der Waals surface area contributed by atoms with E-state index in [2.05, 4.69) is 104 Å². The number of amides is 4. The molecule has 4 atom stereocenters.